The van der Waals surface area contributed by atoms with E-state index in [-0.39, 0.29) is 5.41 Å². The molecule has 1 saturated carbocycles. The van der Waals surface area contributed by atoms with E-state index in [0.29, 0.717) is 25.4 Å². The molecule has 0 amide bonds. The number of rotatable bonds is 5. The summed E-state index contributed by atoms with van der Waals surface area (Å²) in [6.45, 7) is 7.74. The summed E-state index contributed by atoms with van der Waals surface area (Å²) in [5.41, 5.74) is 4.79. The number of hydrogen-bond donors (Lipinski definition) is 3. The molecule has 0 aliphatic heterocycles. The van der Waals surface area contributed by atoms with Gasteiger partial charge in [-0.2, -0.15) is 0 Å². The summed E-state index contributed by atoms with van der Waals surface area (Å²) < 4.78 is 0. The van der Waals surface area contributed by atoms with Gasteiger partial charge in [-0.15, -0.1) is 0 Å². The highest BCUT2D eigenvalue weighted by molar-refractivity contribution is 5.79. The summed E-state index contributed by atoms with van der Waals surface area (Å²) >= 11 is 0. The van der Waals surface area contributed by atoms with Crippen LogP contribution in [0.15, 0.2) is 0 Å². The van der Waals surface area contributed by atoms with E-state index in [1.165, 1.54) is 0 Å². The van der Waals surface area contributed by atoms with Crippen molar-refractivity contribution in [3.05, 3.63) is 0 Å². The largest absolute Gasteiger partial charge is 0.480 e. The minimum absolute atomic E-state index is 0.0891. The number of aliphatic carboxylic acids is 1. The van der Waals surface area contributed by atoms with Crippen LogP contribution in [0.3, 0.4) is 0 Å². The second-order valence-corrected chi connectivity index (χ2v) is 6.31. The average Bonchev–Trinajstić information content (AvgIpc) is 2.14. The van der Waals surface area contributed by atoms with Crippen molar-refractivity contribution in [3.8, 4) is 0 Å². The maximum atomic E-state index is 11.6. The zero-order chi connectivity index (χ0) is 13.1. The fourth-order valence-corrected chi connectivity index (χ4v) is 3.37. The molecule has 0 aromatic rings. The molecule has 0 aromatic heterocycles. The van der Waals surface area contributed by atoms with Gasteiger partial charge in [-0.05, 0) is 50.1 Å². The zero-order valence-corrected chi connectivity index (χ0v) is 11.3. The van der Waals surface area contributed by atoms with E-state index in [9.17, 15) is 9.90 Å². The van der Waals surface area contributed by atoms with Crippen molar-refractivity contribution in [1.82, 2.24) is 5.32 Å². The van der Waals surface area contributed by atoms with Crippen LogP contribution in [-0.2, 0) is 4.79 Å². The second-order valence-electron chi connectivity index (χ2n) is 6.31. The third kappa shape index (κ3) is 3.68. The van der Waals surface area contributed by atoms with Gasteiger partial charge in [-0.25, -0.2) is 0 Å². The minimum atomic E-state index is -0.754. The van der Waals surface area contributed by atoms with Gasteiger partial charge in [0.25, 0.3) is 0 Å². The first-order chi connectivity index (χ1) is 7.81. The topological polar surface area (TPSA) is 75.3 Å². The van der Waals surface area contributed by atoms with E-state index in [0.717, 1.165) is 19.3 Å². The van der Waals surface area contributed by atoms with Gasteiger partial charge >= 0.3 is 5.97 Å². The lowest BCUT2D eigenvalue weighted by Crippen LogP contribution is -2.58. The van der Waals surface area contributed by atoms with Crippen LogP contribution in [0.2, 0.25) is 0 Å². The van der Waals surface area contributed by atoms with Crippen molar-refractivity contribution in [2.75, 3.05) is 13.1 Å². The molecule has 100 valence electrons. The van der Waals surface area contributed by atoms with Crippen LogP contribution in [0.4, 0.5) is 0 Å². The molecule has 4 nitrogen and oxygen atoms in total. The Balaban J connectivity index is 2.79. The highest BCUT2D eigenvalue weighted by atomic mass is 16.4. The van der Waals surface area contributed by atoms with Crippen LogP contribution in [0.5, 0.6) is 0 Å². The van der Waals surface area contributed by atoms with E-state index in [4.69, 9.17) is 5.73 Å². The molecule has 0 bridgehead atoms. The molecule has 1 aliphatic carbocycles. The van der Waals surface area contributed by atoms with Gasteiger partial charge in [0.15, 0.2) is 0 Å². The summed E-state index contributed by atoms with van der Waals surface area (Å²) in [7, 11) is 0. The maximum absolute atomic E-state index is 11.6. The van der Waals surface area contributed by atoms with Gasteiger partial charge in [0.2, 0.25) is 0 Å². The minimum Gasteiger partial charge on any atom is -0.480 e. The third-order valence-corrected chi connectivity index (χ3v) is 3.63. The molecule has 1 fully saturated rings. The van der Waals surface area contributed by atoms with E-state index < -0.39 is 11.5 Å². The van der Waals surface area contributed by atoms with Crippen LogP contribution in [0.25, 0.3) is 0 Å². The van der Waals surface area contributed by atoms with Crippen LogP contribution in [-0.4, -0.2) is 29.7 Å². The van der Waals surface area contributed by atoms with E-state index >= 15 is 0 Å². The van der Waals surface area contributed by atoms with Crippen molar-refractivity contribution in [1.29, 1.82) is 0 Å². The predicted molar refractivity (Wildman–Crippen MR) is 68.8 cm³/mol. The molecule has 4 heteroatoms. The lowest BCUT2D eigenvalue weighted by atomic mass is 9.64. The van der Waals surface area contributed by atoms with Crippen molar-refractivity contribution >= 4 is 5.97 Å². The smallest absolute Gasteiger partial charge is 0.323 e. The van der Waals surface area contributed by atoms with Gasteiger partial charge in [0.05, 0.1) is 0 Å². The van der Waals surface area contributed by atoms with Crippen LogP contribution in [0, 0.1) is 11.3 Å². The van der Waals surface area contributed by atoms with Gasteiger partial charge < -0.3 is 16.2 Å². The van der Waals surface area contributed by atoms with E-state index in [1.807, 2.05) is 0 Å². The first-order valence-corrected chi connectivity index (χ1v) is 6.50. The number of carboxylic acids is 1. The van der Waals surface area contributed by atoms with Crippen LogP contribution < -0.4 is 11.1 Å². The van der Waals surface area contributed by atoms with Gasteiger partial charge in [-0.3, -0.25) is 4.79 Å². The normalized spacial score (nSPS) is 32.4. The Hall–Kier alpha value is -0.610. The molecule has 17 heavy (non-hydrogen) atoms. The molecule has 2 atom stereocenters. The molecule has 0 radical (unpaired) electrons. The quantitative estimate of drug-likeness (QED) is 0.640. The maximum Gasteiger partial charge on any atom is 0.323 e. The summed E-state index contributed by atoms with van der Waals surface area (Å²) in [5.74, 6) is -0.269. The first-order valence-electron chi connectivity index (χ1n) is 6.50. The highest BCUT2D eigenvalue weighted by Crippen LogP contribution is 2.43. The molecular formula is C13H26N2O2. The van der Waals surface area contributed by atoms with Crippen LogP contribution >= 0.6 is 0 Å². The fraction of sp³-hybridized carbons (Fsp3) is 0.923. The molecule has 1 aliphatic rings. The Bertz CT molecular complexity index is 279. The van der Waals surface area contributed by atoms with Gasteiger partial charge in [0, 0.05) is 0 Å². The molecule has 0 spiro atoms. The average molecular weight is 242 g/mol. The lowest BCUT2D eigenvalue weighted by Gasteiger charge is -2.45. The number of hydrogen-bond acceptors (Lipinski definition) is 3. The summed E-state index contributed by atoms with van der Waals surface area (Å²) in [6.07, 6.45) is 3.34. The number of nitrogens with one attached hydrogen (secondary N) is 1. The molecule has 0 heterocycles. The highest BCUT2D eigenvalue weighted by Gasteiger charge is 2.47. The molecule has 2 unspecified atom stereocenters. The third-order valence-electron chi connectivity index (χ3n) is 3.63. The number of carbonyl (C=O) groups is 1. The van der Waals surface area contributed by atoms with Crippen molar-refractivity contribution in [3.63, 3.8) is 0 Å². The molecule has 0 aromatic carbocycles. The standard InChI is InChI=1S/C13H26N2O2/c1-10-7-12(2,3)9-13(8-10,11(16)17)15-6-4-5-14/h10,15H,4-9,14H2,1-3H3,(H,16,17). The van der Waals surface area contributed by atoms with E-state index in [1.54, 1.807) is 0 Å². The van der Waals surface area contributed by atoms with Crippen molar-refractivity contribution < 1.29 is 9.90 Å². The Morgan fingerprint density at radius 3 is 2.59 bits per heavy atom. The lowest BCUT2D eigenvalue weighted by molar-refractivity contribution is -0.149. The SMILES string of the molecule is CC1CC(C)(C)CC(NCCCN)(C(=O)O)C1. The van der Waals surface area contributed by atoms with Crippen LogP contribution in [0.1, 0.15) is 46.5 Å². The molecule has 4 N–H and O–H groups in total. The molecular weight excluding hydrogens is 216 g/mol. The Morgan fingerprint density at radius 2 is 2.12 bits per heavy atom. The van der Waals surface area contributed by atoms with E-state index in [2.05, 4.69) is 26.1 Å². The number of carboxylic acid groups (broad SMARTS) is 1. The second kappa shape index (κ2) is 5.36. The zero-order valence-electron chi connectivity index (χ0n) is 11.3. The van der Waals surface area contributed by atoms with Crippen molar-refractivity contribution in [2.24, 2.45) is 17.1 Å². The Morgan fingerprint density at radius 1 is 1.47 bits per heavy atom. The monoisotopic (exact) mass is 242 g/mol. The molecule has 0 saturated heterocycles. The Labute approximate surface area is 104 Å². The number of nitrogens with two attached hydrogens (primary N) is 1. The first kappa shape index (κ1) is 14.5. The summed E-state index contributed by atoms with van der Waals surface area (Å²) in [4.78, 5) is 11.6. The predicted octanol–water partition coefficient (Wildman–Crippen LogP) is 1.59. The summed E-state index contributed by atoms with van der Waals surface area (Å²) in [6, 6.07) is 0. The van der Waals surface area contributed by atoms with Gasteiger partial charge in [0.1, 0.15) is 5.54 Å². The Kier molecular flexibility index (Phi) is 4.55. The molecule has 1 rings (SSSR count). The van der Waals surface area contributed by atoms with Gasteiger partial charge in [-0.1, -0.05) is 20.8 Å². The fourth-order valence-electron chi connectivity index (χ4n) is 3.37. The van der Waals surface area contributed by atoms with Crippen molar-refractivity contribution in [2.45, 2.75) is 52.0 Å². The summed E-state index contributed by atoms with van der Waals surface area (Å²) in [5, 5.41) is 12.8.